The maximum absolute atomic E-state index is 4.05. The van der Waals surface area contributed by atoms with Crippen molar-refractivity contribution in [1.29, 1.82) is 0 Å². The van der Waals surface area contributed by atoms with Crippen LogP contribution in [0.15, 0.2) is 30.6 Å². The lowest BCUT2D eigenvalue weighted by Crippen LogP contribution is -2.20. The Hall–Kier alpha value is -1.15. The quantitative estimate of drug-likeness (QED) is 0.771. The molecule has 1 unspecified atom stereocenters. The zero-order valence-corrected chi connectivity index (χ0v) is 8.90. The molecule has 0 aliphatic heterocycles. The van der Waals surface area contributed by atoms with Crippen molar-refractivity contribution < 1.29 is 0 Å². The van der Waals surface area contributed by atoms with Crippen molar-refractivity contribution in [3.63, 3.8) is 0 Å². The number of aromatic nitrogens is 1. The van der Waals surface area contributed by atoms with E-state index in [1.165, 1.54) is 12.0 Å². The van der Waals surface area contributed by atoms with E-state index < -0.39 is 0 Å². The second-order valence-electron chi connectivity index (χ2n) is 3.46. The van der Waals surface area contributed by atoms with E-state index in [0.29, 0.717) is 6.04 Å². The van der Waals surface area contributed by atoms with Gasteiger partial charge in [0, 0.05) is 18.4 Å². The third-order valence-electron chi connectivity index (χ3n) is 2.25. The fraction of sp³-hybridized carbons (Fsp3) is 0.417. The van der Waals surface area contributed by atoms with Gasteiger partial charge in [-0.15, -0.1) is 0 Å². The molecule has 1 aromatic heterocycles. The van der Waals surface area contributed by atoms with Gasteiger partial charge < -0.3 is 5.32 Å². The molecule has 76 valence electrons. The Labute approximate surface area is 86.1 Å². The SMILES string of the molecule is CNC(C)CCC=Cc1cccnc1. The van der Waals surface area contributed by atoms with Gasteiger partial charge in [-0.25, -0.2) is 0 Å². The Balaban J connectivity index is 2.28. The van der Waals surface area contributed by atoms with Crippen molar-refractivity contribution in [2.24, 2.45) is 0 Å². The molecule has 1 atom stereocenters. The van der Waals surface area contributed by atoms with Crippen molar-refractivity contribution in [2.45, 2.75) is 25.8 Å². The van der Waals surface area contributed by atoms with Crippen LogP contribution in [0.1, 0.15) is 25.3 Å². The van der Waals surface area contributed by atoms with Crippen LogP contribution in [-0.2, 0) is 0 Å². The minimum absolute atomic E-state index is 0.591. The molecule has 2 nitrogen and oxygen atoms in total. The average Bonchev–Trinajstić information content (AvgIpc) is 2.25. The number of allylic oxidation sites excluding steroid dienone is 1. The summed E-state index contributed by atoms with van der Waals surface area (Å²) in [5.41, 5.74) is 1.17. The van der Waals surface area contributed by atoms with E-state index in [-0.39, 0.29) is 0 Å². The first-order chi connectivity index (χ1) is 6.83. The van der Waals surface area contributed by atoms with Crippen LogP contribution < -0.4 is 5.32 Å². The molecule has 0 aliphatic carbocycles. The zero-order valence-electron chi connectivity index (χ0n) is 8.90. The van der Waals surface area contributed by atoms with Crippen LogP contribution in [0.2, 0.25) is 0 Å². The third-order valence-corrected chi connectivity index (χ3v) is 2.25. The highest BCUT2D eigenvalue weighted by molar-refractivity contribution is 5.47. The zero-order chi connectivity index (χ0) is 10.2. The molecule has 1 rings (SSSR count). The van der Waals surface area contributed by atoms with Gasteiger partial charge in [-0.2, -0.15) is 0 Å². The first kappa shape index (κ1) is 10.9. The van der Waals surface area contributed by atoms with Crippen LogP contribution in [0, 0.1) is 0 Å². The van der Waals surface area contributed by atoms with Crippen LogP contribution in [0.4, 0.5) is 0 Å². The van der Waals surface area contributed by atoms with E-state index in [1.807, 2.05) is 19.3 Å². The van der Waals surface area contributed by atoms with Crippen molar-refractivity contribution in [3.05, 3.63) is 36.2 Å². The summed E-state index contributed by atoms with van der Waals surface area (Å²) in [6.07, 6.45) is 10.3. The van der Waals surface area contributed by atoms with Gasteiger partial charge in [-0.05, 0) is 38.4 Å². The average molecular weight is 190 g/mol. The Kier molecular flexibility index (Phi) is 4.94. The van der Waals surface area contributed by atoms with E-state index in [4.69, 9.17) is 0 Å². The first-order valence-electron chi connectivity index (χ1n) is 5.06. The smallest absolute Gasteiger partial charge is 0.0340 e. The summed E-state index contributed by atoms with van der Waals surface area (Å²) in [4.78, 5) is 4.05. The molecule has 0 aliphatic rings. The molecule has 1 aromatic rings. The second-order valence-corrected chi connectivity index (χ2v) is 3.46. The molecule has 0 fully saturated rings. The normalized spacial score (nSPS) is 13.3. The van der Waals surface area contributed by atoms with Crippen LogP contribution >= 0.6 is 0 Å². The summed E-state index contributed by atoms with van der Waals surface area (Å²) in [7, 11) is 2.00. The van der Waals surface area contributed by atoms with Crippen LogP contribution in [0.5, 0.6) is 0 Å². The highest BCUT2D eigenvalue weighted by Gasteiger charge is 1.93. The van der Waals surface area contributed by atoms with Crippen LogP contribution in [0.25, 0.3) is 6.08 Å². The molecule has 0 amide bonds. The fourth-order valence-corrected chi connectivity index (χ4v) is 1.18. The predicted octanol–water partition coefficient (Wildman–Crippen LogP) is 2.48. The van der Waals surface area contributed by atoms with Gasteiger partial charge in [0.25, 0.3) is 0 Å². The van der Waals surface area contributed by atoms with Gasteiger partial charge in [0.2, 0.25) is 0 Å². The molecule has 1 heterocycles. The molecule has 2 heteroatoms. The van der Waals surface area contributed by atoms with Crippen molar-refractivity contribution in [2.75, 3.05) is 7.05 Å². The molecular formula is C12H18N2. The largest absolute Gasteiger partial charge is 0.317 e. The van der Waals surface area contributed by atoms with Gasteiger partial charge in [-0.3, -0.25) is 4.98 Å². The van der Waals surface area contributed by atoms with E-state index in [2.05, 4.69) is 35.4 Å². The van der Waals surface area contributed by atoms with Crippen LogP contribution in [0.3, 0.4) is 0 Å². The Morgan fingerprint density at radius 2 is 2.43 bits per heavy atom. The highest BCUT2D eigenvalue weighted by Crippen LogP contribution is 2.02. The van der Waals surface area contributed by atoms with Gasteiger partial charge in [0.1, 0.15) is 0 Å². The minimum atomic E-state index is 0.591. The summed E-state index contributed by atoms with van der Waals surface area (Å²) in [6.45, 7) is 2.19. The molecule has 0 aromatic carbocycles. The third kappa shape index (κ3) is 4.19. The van der Waals surface area contributed by atoms with Gasteiger partial charge in [0.05, 0.1) is 0 Å². The van der Waals surface area contributed by atoms with E-state index in [9.17, 15) is 0 Å². The van der Waals surface area contributed by atoms with Gasteiger partial charge >= 0.3 is 0 Å². The summed E-state index contributed by atoms with van der Waals surface area (Å²) < 4.78 is 0. The van der Waals surface area contributed by atoms with Gasteiger partial charge in [-0.1, -0.05) is 18.2 Å². The lowest BCUT2D eigenvalue weighted by Gasteiger charge is -2.06. The maximum Gasteiger partial charge on any atom is 0.0340 e. The van der Waals surface area contributed by atoms with E-state index in [1.54, 1.807) is 6.20 Å². The summed E-state index contributed by atoms with van der Waals surface area (Å²) in [6, 6.07) is 4.61. The predicted molar refractivity (Wildman–Crippen MR) is 61.0 cm³/mol. The highest BCUT2D eigenvalue weighted by atomic mass is 14.8. The fourth-order valence-electron chi connectivity index (χ4n) is 1.18. The van der Waals surface area contributed by atoms with Crippen molar-refractivity contribution >= 4 is 6.08 Å². The van der Waals surface area contributed by atoms with Crippen molar-refractivity contribution in [1.82, 2.24) is 10.3 Å². The number of nitrogens with one attached hydrogen (secondary N) is 1. The molecular weight excluding hydrogens is 172 g/mol. The number of nitrogens with zero attached hydrogens (tertiary/aromatic N) is 1. The monoisotopic (exact) mass is 190 g/mol. The van der Waals surface area contributed by atoms with E-state index in [0.717, 1.165) is 6.42 Å². The summed E-state index contributed by atoms with van der Waals surface area (Å²) in [5.74, 6) is 0. The second kappa shape index (κ2) is 6.33. The molecule has 0 radical (unpaired) electrons. The number of rotatable bonds is 5. The number of hydrogen-bond donors (Lipinski definition) is 1. The maximum atomic E-state index is 4.05. The van der Waals surface area contributed by atoms with Gasteiger partial charge in [0.15, 0.2) is 0 Å². The first-order valence-corrected chi connectivity index (χ1v) is 5.06. The molecule has 14 heavy (non-hydrogen) atoms. The molecule has 1 N–H and O–H groups in total. The number of hydrogen-bond acceptors (Lipinski definition) is 2. The lowest BCUT2D eigenvalue weighted by molar-refractivity contribution is 0.571. The van der Waals surface area contributed by atoms with Crippen LogP contribution in [-0.4, -0.2) is 18.1 Å². The summed E-state index contributed by atoms with van der Waals surface area (Å²) in [5, 5.41) is 3.22. The molecule has 0 saturated heterocycles. The lowest BCUT2D eigenvalue weighted by atomic mass is 10.1. The Morgan fingerprint density at radius 3 is 3.07 bits per heavy atom. The minimum Gasteiger partial charge on any atom is -0.317 e. The Morgan fingerprint density at radius 1 is 1.57 bits per heavy atom. The summed E-state index contributed by atoms with van der Waals surface area (Å²) >= 11 is 0. The Bertz CT molecular complexity index is 267. The van der Waals surface area contributed by atoms with E-state index >= 15 is 0 Å². The molecule has 0 spiro atoms. The molecule has 0 saturated carbocycles. The topological polar surface area (TPSA) is 24.9 Å². The number of pyridine rings is 1. The standard InChI is InChI=1S/C12H18N2/c1-11(13-2)6-3-4-7-12-8-5-9-14-10-12/h4-5,7-11,13H,3,6H2,1-2H3. The molecule has 0 bridgehead atoms. The van der Waals surface area contributed by atoms with Crippen molar-refractivity contribution in [3.8, 4) is 0 Å².